The van der Waals surface area contributed by atoms with Crippen molar-refractivity contribution in [1.82, 2.24) is 25.4 Å². The second-order valence-electron chi connectivity index (χ2n) is 6.72. The molecule has 0 atom stereocenters. The molecule has 0 saturated heterocycles. The Hall–Kier alpha value is -1.24. The number of aliphatic imine (C=N–C) groups is 1. The summed E-state index contributed by atoms with van der Waals surface area (Å²) in [5, 5.41) is 15.3. The second kappa shape index (κ2) is 9.30. The summed E-state index contributed by atoms with van der Waals surface area (Å²) in [5.41, 5.74) is 0.475. The SMILES string of the molecule is CCC1(CNC(=NCc2nnc(C)n2C)NCCCSC)CCC1. The number of nitrogens with zero attached hydrogens (tertiary/aromatic N) is 4. The van der Waals surface area contributed by atoms with Gasteiger partial charge in [-0.25, -0.2) is 4.99 Å². The maximum absolute atomic E-state index is 4.73. The third-order valence-corrected chi connectivity index (χ3v) is 5.87. The second-order valence-corrected chi connectivity index (χ2v) is 7.71. The van der Waals surface area contributed by atoms with Crippen molar-refractivity contribution < 1.29 is 0 Å². The molecule has 7 heteroatoms. The van der Waals surface area contributed by atoms with E-state index in [0.29, 0.717) is 12.0 Å². The quantitative estimate of drug-likeness (QED) is 0.406. The molecule has 1 fully saturated rings. The number of rotatable bonds is 9. The number of aryl methyl sites for hydroxylation is 1. The van der Waals surface area contributed by atoms with Crippen LogP contribution in [0.3, 0.4) is 0 Å². The van der Waals surface area contributed by atoms with Gasteiger partial charge < -0.3 is 15.2 Å². The third kappa shape index (κ3) is 5.13. The summed E-state index contributed by atoms with van der Waals surface area (Å²) in [4.78, 5) is 4.73. The molecule has 1 aromatic rings. The Kier molecular flexibility index (Phi) is 7.40. The van der Waals surface area contributed by atoms with Crippen molar-refractivity contribution in [3.63, 3.8) is 0 Å². The molecule has 0 aromatic carbocycles. The lowest BCUT2D eigenvalue weighted by Crippen LogP contribution is -2.46. The molecule has 1 aliphatic carbocycles. The van der Waals surface area contributed by atoms with Crippen LogP contribution in [-0.2, 0) is 13.6 Å². The van der Waals surface area contributed by atoms with Crippen molar-refractivity contribution in [2.75, 3.05) is 25.1 Å². The third-order valence-electron chi connectivity index (χ3n) is 5.17. The largest absolute Gasteiger partial charge is 0.356 e. The molecule has 1 aromatic heterocycles. The Morgan fingerprint density at radius 3 is 2.67 bits per heavy atom. The fraction of sp³-hybridized carbons (Fsp3) is 0.824. The molecule has 6 nitrogen and oxygen atoms in total. The van der Waals surface area contributed by atoms with Gasteiger partial charge in [0.2, 0.25) is 0 Å². The van der Waals surface area contributed by atoms with Crippen LogP contribution in [0.1, 0.15) is 50.7 Å². The van der Waals surface area contributed by atoms with Gasteiger partial charge in [0, 0.05) is 20.1 Å². The maximum atomic E-state index is 4.73. The van der Waals surface area contributed by atoms with Gasteiger partial charge in [0.15, 0.2) is 11.8 Å². The standard InChI is InChI=1S/C17H32N6S/c1-5-17(8-6-9-17)13-20-16(18-10-7-11-24-4)19-12-15-22-21-14(2)23(15)3/h5-13H2,1-4H3,(H2,18,19,20). The van der Waals surface area contributed by atoms with E-state index in [2.05, 4.69) is 34.0 Å². The van der Waals surface area contributed by atoms with E-state index < -0.39 is 0 Å². The average Bonchev–Trinajstić information content (AvgIpc) is 2.87. The molecule has 1 heterocycles. The van der Waals surface area contributed by atoms with E-state index in [1.54, 1.807) is 0 Å². The van der Waals surface area contributed by atoms with E-state index in [0.717, 1.165) is 37.1 Å². The van der Waals surface area contributed by atoms with Crippen LogP contribution >= 0.6 is 11.8 Å². The average molecular weight is 353 g/mol. The van der Waals surface area contributed by atoms with Gasteiger partial charge in [0.25, 0.3) is 0 Å². The lowest BCUT2D eigenvalue weighted by atomic mass is 9.67. The Morgan fingerprint density at radius 1 is 1.33 bits per heavy atom. The molecule has 0 amide bonds. The molecule has 136 valence electrons. The Bertz CT molecular complexity index is 530. The fourth-order valence-corrected chi connectivity index (χ4v) is 3.37. The van der Waals surface area contributed by atoms with Gasteiger partial charge in [-0.3, -0.25) is 0 Å². The van der Waals surface area contributed by atoms with Crippen LogP contribution in [0.25, 0.3) is 0 Å². The zero-order valence-corrected chi connectivity index (χ0v) is 16.4. The van der Waals surface area contributed by atoms with Gasteiger partial charge in [0.05, 0.1) is 0 Å². The number of guanidine groups is 1. The first-order valence-electron chi connectivity index (χ1n) is 8.96. The maximum Gasteiger partial charge on any atom is 0.191 e. The summed E-state index contributed by atoms with van der Waals surface area (Å²) in [6.07, 6.45) is 8.55. The monoisotopic (exact) mass is 352 g/mol. The van der Waals surface area contributed by atoms with Crippen molar-refractivity contribution in [3.05, 3.63) is 11.6 Å². The minimum atomic E-state index is 0.475. The molecule has 0 unspecified atom stereocenters. The normalized spacial score (nSPS) is 16.8. The molecule has 0 bridgehead atoms. The highest BCUT2D eigenvalue weighted by atomic mass is 32.2. The minimum Gasteiger partial charge on any atom is -0.356 e. The first kappa shape index (κ1) is 19.1. The van der Waals surface area contributed by atoms with Gasteiger partial charge in [-0.1, -0.05) is 13.3 Å². The number of thioether (sulfide) groups is 1. The van der Waals surface area contributed by atoms with E-state index in [4.69, 9.17) is 4.99 Å². The molecule has 24 heavy (non-hydrogen) atoms. The van der Waals surface area contributed by atoms with Crippen molar-refractivity contribution >= 4 is 17.7 Å². The van der Waals surface area contributed by atoms with E-state index in [1.165, 1.54) is 31.4 Å². The molecule has 2 rings (SSSR count). The molecule has 1 saturated carbocycles. The highest BCUT2D eigenvalue weighted by Crippen LogP contribution is 2.42. The number of aromatic nitrogens is 3. The van der Waals surface area contributed by atoms with Crippen LogP contribution in [0.5, 0.6) is 0 Å². The summed E-state index contributed by atoms with van der Waals surface area (Å²) in [5.74, 6) is 3.88. The van der Waals surface area contributed by atoms with E-state index in [-0.39, 0.29) is 0 Å². The Labute approximate surface area is 150 Å². The van der Waals surface area contributed by atoms with Gasteiger partial charge in [-0.05, 0) is 50.0 Å². The van der Waals surface area contributed by atoms with Gasteiger partial charge in [0.1, 0.15) is 12.4 Å². The Balaban J connectivity index is 1.93. The fourth-order valence-electron chi connectivity index (χ4n) is 2.94. The summed E-state index contributed by atoms with van der Waals surface area (Å²) >= 11 is 1.88. The van der Waals surface area contributed by atoms with Crippen LogP contribution < -0.4 is 10.6 Å². The van der Waals surface area contributed by atoms with Crippen LogP contribution in [0.2, 0.25) is 0 Å². The van der Waals surface area contributed by atoms with Crippen LogP contribution in [0.4, 0.5) is 0 Å². The number of hydrogen-bond acceptors (Lipinski definition) is 4. The van der Waals surface area contributed by atoms with Crippen LogP contribution in [0.15, 0.2) is 4.99 Å². The topological polar surface area (TPSA) is 67.1 Å². The summed E-state index contributed by atoms with van der Waals surface area (Å²) in [6, 6.07) is 0. The highest BCUT2D eigenvalue weighted by Gasteiger charge is 2.34. The first-order chi connectivity index (χ1) is 11.6. The van der Waals surface area contributed by atoms with Crippen LogP contribution in [-0.4, -0.2) is 45.8 Å². The smallest absolute Gasteiger partial charge is 0.191 e. The molecule has 0 radical (unpaired) electrons. The Morgan fingerprint density at radius 2 is 2.12 bits per heavy atom. The predicted molar refractivity (Wildman–Crippen MR) is 102 cm³/mol. The van der Waals surface area contributed by atoms with Gasteiger partial charge in [-0.15, -0.1) is 10.2 Å². The number of nitrogens with one attached hydrogen (secondary N) is 2. The summed E-state index contributed by atoms with van der Waals surface area (Å²) in [7, 11) is 1.99. The summed E-state index contributed by atoms with van der Waals surface area (Å²) < 4.78 is 1.99. The zero-order valence-electron chi connectivity index (χ0n) is 15.6. The van der Waals surface area contributed by atoms with Gasteiger partial charge >= 0.3 is 0 Å². The highest BCUT2D eigenvalue weighted by molar-refractivity contribution is 7.98. The van der Waals surface area contributed by atoms with E-state index in [9.17, 15) is 0 Å². The van der Waals surface area contributed by atoms with Crippen molar-refractivity contribution in [2.45, 2.75) is 52.5 Å². The zero-order chi connectivity index (χ0) is 17.4. The van der Waals surface area contributed by atoms with E-state index >= 15 is 0 Å². The lowest BCUT2D eigenvalue weighted by molar-refractivity contribution is 0.131. The van der Waals surface area contributed by atoms with Crippen molar-refractivity contribution in [2.24, 2.45) is 17.5 Å². The number of hydrogen-bond donors (Lipinski definition) is 2. The molecule has 2 N–H and O–H groups in total. The molecule has 0 aliphatic heterocycles. The van der Waals surface area contributed by atoms with Gasteiger partial charge in [-0.2, -0.15) is 11.8 Å². The van der Waals surface area contributed by atoms with Crippen molar-refractivity contribution in [3.8, 4) is 0 Å². The lowest BCUT2D eigenvalue weighted by Gasteiger charge is -2.41. The molecular weight excluding hydrogens is 320 g/mol. The molecule has 1 aliphatic rings. The first-order valence-corrected chi connectivity index (χ1v) is 10.4. The van der Waals surface area contributed by atoms with E-state index in [1.807, 2.05) is 30.3 Å². The summed E-state index contributed by atoms with van der Waals surface area (Å²) in [6.45, 7) is 6.77. The van der Waals surface area contributed by atoms with Crippen molar-refractivity contribution in [1.29, 1.82) is 0 Å². The predicted octanol–water partition coefficient (Wildman–Crippen LogP) is 2.49. The molecule has 0 spiro atoms. The minimum absolute atomic E-state index is 0.475. The molecular formula is C17H32N6S. The van der Waals surface area contributed by atoms with Crippen LogP contribution in [0, 0.1) is 12.3 Å².